The number of carbonyl (C=O) groups excluding carboxylic acids is 1. The number of aliphatic carboxylic acids is 1. The Balaban J connectivity index is 0.000000383. The quantitative estimate of drug-likeness (QED) is 0.477. The van der Waals surface area contributed by atoms with Crippen LogP contribution < -0.4 is 5.32 Å². The lowest BCUT2D eigenvalue weighted by Crippen LogP contribution is -2.25. The third-order valence-corrected chi connectivity index (χ3v) is 4.56. The van der Waals surface area contributed by atoms with E-state index in [1.54, 1.807) is 10.9 Å². The average molecular weight is 459 g/mol. The summed E-state index contributed by atoms with van der Waals surface area (Å²) in [5, 5.41) is 14.6. The van der Waals surface area contributed by atoms with Crippen LogP contribution in [0.15, 0.2) is 67.3 Å². The molecule has 11 heteroatoms. The molecule has 0 atom stereocenters. The molecule has 0 spiro atoms. The van der Waals surface area contributed by atoms with Crippen LogP contribution in [0.25, 0.3) is 16.9 Å². The van der Waals surface area contributed by atoms with Gasteiger partial charge in [-0.25, -0.2) is 4.79 Å². The number of hydrogen-bond donors (Lipinski definition) is 2. The second kappa shape index (κ2) is 9.98. The number of carboxylic acid groups (broad SMARTS) is 1. The smallest absolute Gasteiger partial charge is 0.475 e. The van der Waals surface area contributed by atoms with Gasteiger partial charge in [0.25, 0.3) is 5.91 Å². The average Bonchev–Trinajstić information content (AvgIpc) is 3.38. The Bertz CT molecular complexity index is 1250. The molecule has 0 bridgehead atoms. The Morgan fingerprint density at radius 3 is 2.48 bits per heavy atom. The second-order valence-electron chi connectivity index (χ2n) is 6.94. The van der Waals surface area contributed by atoms with Gasteiger partial charge in [-0.15, -0.1) is 0 Å². The van der Waals surface area contributed by atoms with Crippen LogP contribution in [0.2, 0.25) is 0 Å². The summed E-state index contributed by atoms with van der Waals surface area (Å²) in [4.78, 5) is 25.7. The van der Waals surface area contributed by atoms with Crippen LogP contribution in [-0.4, -0.2) is 48.9 Å². The summed E-state index contributed by atoms with van der Waals surface area (Å²) in [6, 6.07) is 13.6. The number of aromatic nitrogens is 4. The van der Waals surface area contributed by atoms with Crippen molar-refractivity contribution in [1.82, 2.24) is 24.5 Å². The molecule has 4 aromatic rings. The highest BCUT2D eigenvalue weighted by Crippen LogP contribution is 2.25. The van der Waals surface area contributed by atoms with E-state index < -0.39 is 12.1 Å². The van der Waals surface area contributed by atoms with Crippen LogP contribution in [0.5, 0.6) is 0 Å². The monoisotopic (exact) mass is 459 g/mol. The molecule has 33 heavy (non-hydrogen) atoms. The van der Waals surface area contributed by atoms with Crippen LogP contribution in [0.3, 0.4) is 0 Å². The van der Waals surface area contributed by atoms with E-state index >= 15 is 0 Å². The lowest BCUT2D eigenvalue weighted by Gasteiger charge is -2.04. The van der Waals surface area contributed by atoms with E-state index in [2.05, 4.69) is 15.4 Å². The highest BCUT2D eigenvalue weighted by atomic mass is 19.4. The zero-order valence-corrected chi connectivity index (χ0v) is 17.5. The molecule has 0 saturated carbocycles. The van der Waals surface area contributed by atoms with Crippen LogP contribution in [0.1, 0.15) is 15.9 Å². The van der Waals surface area contributed by atoms with Gasteiger partial charge in [-0.1, -0.05) is 12.1 Å². The van der Waals surface area contributed by atoms with Crippen molar-refractivity contribution in [2.75, 3.05) is 6.54 Å². The molecule has 0 aliphatic rings. The maximum atomic E-state index is 12.7. The molecule has 4 rings (SSSR count). The van der Waals surface area contributed by atoms with Gasteiger partial charge in [-0.05, 0) is 42.3 Å². The zero-order chi connectivity index (χ0) is 24.0. The number of carbonyl (C=O) groups is 2. The Hall–Kier alpha value is -4.15. The molecule has 0 aliphatic carbocycles. The third-order valence-electron chi connectivity index (χ3n) is 4.56. The molecule has 8 nitrogen and oxygen atoms in total. The number of aryl methyl sites for hydroxylation is 1. The lowest BCUT2D eigenvalue weighted by molar-refractivity contribution is -0.192. The first-order valence-corrected chi connectivity index (χ1v) is 9.74. The van der Waals surface area contributed by atoms with Gasteiger partial charge in [-0.2, -0.15) is 18.3 Å². The van der Waals surface area contributed by atoms with Crippen molar-refractivity contribution in [3.63, 3.8) is 0 Å². The highest BCUT2D eigenvalue weighted by Gasteiger charge is 2.38. The maximum absolute atomic E-state index is 12.7. The number of amides is 1. The molecule has 1 amide bonds. The Kier molecular flexibility index (Phi) is 7.11. The Labute approximate surface area is 186 Å². The standard InChI is InChI=1S/C20H19N5O.C2HF3O2/c1-24-12-8-17(23-24)19-13-16(18-6-2-3-11-25(18)19)20(26)22-10-7-15-5-4-9-21-14-15;3-2(4,5)1(6)7/h2-6,8-9,11-14H,7,10H2,1H3,(H,22,26);(H,6,7). The Morgan fingerprint density at radius 2 is 1.88 bits per heavy atom. The van der Waals surface area contributed by atoms with Crippen molar-refractivity contribution in [3.05, 3.63) is 78.4 Å². The number of pyridine rings is 2. The van der Waals surface area contributed by atoms with E-state index in [1.165, 1.54) is 0 Å². The normalized spacial score (nSPS) is 11.0. The van der Waals surface area contributed by atoms with Gasteiger partial charge >= 0.3 is 12.1 Å². The van der Waals surface area contributed by atoms with Gasteiger partial charge < -0.3 is 14.8 Å². The molecule has 4 aromatic heterocycles. The number of hydrogen-bond acceptors (Lipinski definition) is 4. The number of fused-ring (bicyclic) bond motifs is 1. The van der Waals surface area contributed by atoms with Crippen LogP contribution in [-0.2, 0) is 18.3 Å². The third kappa shape index (κ3) is 5.97. The fourth-order valence-electron chi connectivity index (χ4n) is 3.05. The fraction of sp³-hybridized carbons (Fsp3) is 0.182. The van der Waals surface area contributed by atoms with Gasteiger partial charge in [0.15, 0.2) is 0 Å². The Morgan fingerprint density at radius 1 is 1.12 bits per heavy atom. The minimum atomic E-state index is -5.08. The summed E-state index contributed by atoms with van der Waals surface area (Å²) in [5.74, 6) is -2.84. The van der Waals surface area contributed by atoms with Crippen molar-refractivity contribution in [3.8, 4) is 11.4 Å². The predicted octanol–water partition coefficient (Wildman–Crippen LogP) is 3.34. The SMILES string of the molecule is Cn1ccc(-c2cc(C(=O)NCCc3cccnc3)c3ccccn23)n1.O=C(O)C(F)(F)F. The molecular formula is C22H20F3N5O3. The van der Waals surface area contributed by atoms with Gasteiger partial charge in [0.1, 0.15) is 5.69 Å². The van der Waals surface area contributed by atoms with Gasteiger partial charge in [0.2, 0.25) is 0 Å². The summed E-state index contributed by atoms with van der Waals surface area (Å²) >= 11 is 0. The first kappa shape index (κ1) is 23.5. The number of nitrogens with zero attached hydrogens (tertiary/aromatic N) is 4. The van der Waals surface area contributed by atoms with Crippen LogP contribution in [0.4, 0.5) is 13.2 Å². The molecule has 172 valence electrons. The largest absolute Gasteiger partial charge is 0.490 e. The summed E-state index contributed by atoms with van der Waals surface area (Å²) < 4.78 is 35.5. The summed E-state index contributed by atoms with van der Waals surface area (Å²) in [6.45, 7) is 0.563. The number of rotatable bonds is 5. The number of carboxylic acids is 1. The molecule has 4 heterocycles. The molecule has 0 aromatic carbocycles. The highest BCUT2D eigenvalue weighted by molar-refractivity contribution is 6.02. The van der Waals surface area contributed by atoms with E-state index in [9.17, 15) is 18.0 Å². The van der Waals surface area contributed by atoms with E-state index in [1.807, 2.05) is 72.5 Å². The summed E-state index contributed by atoms with van der Waals surface area (Å²) in [7, 11) is 1.88. The van der Waals surface area contributed by atoms with E-state index in [-0.39, 0.29) is 5.91 Å². The predicted molar refractivity (Wildman–Crippen MR) is 114 cm³/mol. The molecule has 0 fully saturated rings. The number of nitrogens with one attached hydrogen (secondary N) is 1. The van der Waals surface area contributed by atoms with Crippen molar-refractivity contribution < 1.29 is 27.9 Å². The van der Waals surface area contributed by atoms with E-state index in [4.69, 9.17) is 9.90 Å². The first-order chi connectivity index (χ1) is 15.7. The van der Waals surface area contributed by atoms with Gasteiger partial charge in [-0.3, -0.25) is 14.5 Å². The summed E-state index contributed by atoms with van der Waals surface area (Å²) in [6.07, 6.45) is 3.07. The maximum Gasteiger partial charge on any atom is 0.490 e. The molecule has 0 aliphatic heterocycles. The fourth-order valence-corrected chi connectivity index (χ4v) is 3.05. The zero-order valence-electron chi connectivity index (χ0n) is 17.5. The van der Waals surface area contributed by atoms with Crippen LogP contribution in [0, 0.1) is 0 Å². The van der Waals surface area contributed by atoms with Crippen molar-refractivity contribution in [1.29, 1.82) is 0 Å². The lowest BCUT2D eigenvalue weighted by atomic mass is 10.2. The molecule has 0 saturated heterocycles. The second-order valence-corrected chi connectivity index (χ2v) is 6.94. The van der Waals surface area contributed by atoms with E-state index in [0.717, 1.165) is 28.9 Å². The van der Waals surface area contributed by atoms with Gasteiger partial charge in [0, 0.05) is 38.4 Å². The van der Waals surface area contributed by atoms with E-state index in [0.29, 0.717) is 12.1 Å². The molecule has 0 unspecified atom stereocenters. The first-order valence-electron chi connectivity index (χ1n) is 9.74. The molecular weight excluding hydrogens is 439 g/mol. The van der Waals surface area contributed by atoms with Crippen LogP contribution >= 0.6 is 0 Å². The topological polar surface area (TPSA) is 102 Å². The van der Waals surface area contributed by atoms with Crippen molar-refractivity contribution in [2.24, 2.45) is 7.05 Å². The van der Waals surface area contributed by atoms with Gasteiger partial charge in [0.05, 0.1) is 16.8 Å². The van der Waals surface area contributed by atoms with Crippen molar-refractivity contribution in [2.45, 2.75) is 12.6 Å². The number of alkyl halides is 3. The summed E-state index contributed by atoms with van der Waals surface area (Å²) in [5.41, 5.74) is 4.36. The number of halogens is 3. The minimum Gasteiger partial charge on any atom is -0.475 e. The minimum absolute atomic E-state index is 0.0835. The molecule has 0 radical (unpaired) electrons. The molecule has 2 N–H and O–H groups in total. The van der Waals surface area contributed by atoms with Crippen molar-refractivity contribution >= 4 is 17.4 Å².